The summed E-state index contributed by atoms with van der Waals surface area (Å²) >= 11 is 1.65. The Morgan fingerprint density at radius 1 is 1.54 bits per heavy atom. The highest BCUT2D eigenvalue weighted by Crippen LogP contribution is 2.38. The molecule has 4 heteroatoms. The van der Waals surface area contributed by atoms with Crippen molar-refractivity contribution in [2.45, 2.75) is 31.6 Å². The summed E-state index contributed by atoms with van der Waals surface area (Å²) in [6.45, 7) is 0.766. The molecule has 1 heterocycles. The highest BCUT2D eigenvalue weighted by Gasteiger charge is 2.23. The molecule has 72 valence electrons. The third kappa shape index (κ3) is 1.69. The summed E-state index contributed by atoms with van der Waals surface area (Å²) in [7, 11) is 0. The van der Waals surface area contributed by atoms with Crippen molar-refractivity contribution in [1.82, 2.24) is 4.98 Å². The zero-order chi connectivity index (χ0) is 9.26. The molecule has 1 aliphatic rings. The van der Waals surface area contributed by atoms with Gasteiger partial charge in [0.15, 0.2) is 5.13 Å². The fraction of sp³-hybridized carbons (Fsp3) is 0.667. The van der Waals surface area contributed by atoms with Crippen LogP contribution < -0.4 is 11.5 Å². The smallest absolute Gasteiger partial charge is 0.180 e. The van der Waals surface area contributed by atoms with Crippen LogP contribution in [0.3, 0.4) is 0 Å². The molecule has 1 aromatic heterocycles. The van der Waals surface area contributed by atoms with Gasteiger partial charge in [-0.1, -0.05) is 0 Å². The average Bonchev–Trinajstić information content (AvgIpc) is 2.47. The highest BCUT2D eigenvalue weighted by atomic mass is 32.1. The number of aryl methyl sites for hydroxylation is 1. The van der Waals surface area contributed by atoms with E-state index in [4.69, 9.17) is 11.5 Å². The first kappa shape index (κ1) is 8.97. The average molecular weight is 197 g/mol. The van der Waals surface area contributed by atoms with Gasteiger partial charge in [-0.25, -0.2) is 4.98 Å². The fourth-order valence-electron chi connectivity index (χ4n) is 2.00. The maximum atomic E-state index is 5.69. The second kappa shape index (κ2) is 3.64. The van der Waals surface area contributed by atoms with Gasteiger partial charge in [0.2, 0.25) is 0 Å². The zero-order valence-corrected chi connectivity index (χ0v) is 8.44. The van der Waals surface area contributed by atoms with E-state index < -0.39 is 0 Å². The van der Waals surface area contributed by atoms with E-state index in [1.165, 1.54) is 23.4 Å². The molecule has 4 N–H and O–H groups in total. The molecule has 1 aromatic rings. The van der Waals surface area contributed by atoms with E-state index in [-0.39, 0.29) is 0 Å². The first-order valence-corrected chi connectivity index (χ1v) is 5.58. The van der Waals surface area contributed by atoms with Crippen molar-refractivity contribution < 1.29 is 0 Å². The Labute approximate surface area is 82.2 Å². The molecule has 2 rings (SSSR count). The topological polar surface area (TPSA) is 64.9 Å². The maximum absolute atomic E-state index is 5.69. The van der Waals surface area contributed by atoms with Crippen LogP contribution in [0.4, 0.5) is 5.13 Å². The van der Waals surface area contributed by atoms with Gasteiger partial charge >= 0.3 is 0 Å². The maximum Gasteiger partial charge on any atom is 0.180 e. The van der Waals surface area contributed by atoms with Gasteiger partial charge in [-0.3, -0.25) is 0 Å². The molecule has 0 fully saturated rings. The first-order chi connectivity index (χ1) is 6.31. The highest BCUT2D eigenvalue weighted by molar-refractivity contribution is 7.15. The fourth-order valence-corrected chi connectivity index (χ4v) is 3.05. The van der Waals surface area contributed by atoms with E-state index in [1.807, 2.05) is 0 Å². The normalized spacial score (nSPS) is 21.5. The van der Waals surface area contributed by atoms with Crippen LogP contribution in [0.1, 0.15) is 35.8 Å². The molecule has 1 aliphatic carbocycles. The molecule has 3 nitrogen and oxygen atoms in total. The molecular formula is C9H15N3S. The lowest BCUT2D eigenvalue weighted by Gasteiger charge is -2.19. The molecule has 1 unspecified atom stereocenters. The lowest BCUT2D eigenvalue weighted by Crippen LogP contribution is -2.12. The predicted molar refractivity (Wildman–Crippen MR) is 55.9 cm³/mol. The van der Waals surface area contributed by atoms with E-state index in [9.17, 15) is 0 Å². The second-order valence-corrected chi connectivity index (χ2v) is 4.59. The summed E-state index contributed by atoms with van der Waals surface area (Å²) in [6.07, 6.45) is 4.67. The van der Waals surface area contributed by atoms with Gasteiger partial charge in [0.25, 0.3) is 0 Å². The van der Waals surface area contributed by atoms with Gasteiger partial charge in [-0.05, 0) is 38.1 Å². The van der Waals surface area contributed by atoms with E-state index in [2.05, 4.69) is 4.98 Å². The number of nitrogen functional groups attached to an aromatic ring is 1. The molecule has 13 heavy (non-hydrogen) atoms. The van der Waals surface area contributed by atoms with Gasteiger partial charge in [-0.15, -0.1) is 11.3 Å². The molecule has 0 aromatic carbocycles. The Balaban J connectivity index is 2.25. The third-order valence-electron chi connectivity index (χ3n) is 2.60. The number of hydrogen-bond donors (Lipinski definition) is 2. The van der Waals surface area contributed by atoms with Crippen LogP contribution in [0, 0.1) is 0 Å². The number of nitrogens with zero attached hydrogens (tertiary/aromatic N) is 1. The summed E-state index contributed by atoms with van der Waals surface area (Å²) < 4.78 is 0. The van der Waals surface area contributed by atoms with Crippen molar-refractivity contribution in [3.05, 3.63) is 10.6 Å². The number of nitrogens with two attached hydrogens (primary N) is 2. The van der Waals surface area contributed by atoms with Gasteiger partial charge < -0.3 is 11.5 Å². The Hall–Kier alpha value is -0.610. The lowest BCUT2D eigenvalue weighted by atomic mass is 9.89. The minimum atomic E-state index is 0.628. The van der Waals surface area contributed by atoms with Gasteiger partial charge in [0, 0.05) is 4.88 Å². The Morgan fingerprint density at radius 3 is 3.15 bits per heavy atom. The second-order valence-electron chi connectivity index (χ2n) is 3.53. The monoisotopic (exact) mass is 197 g/mol. The zero-order valence-electron chi connectivity index (χ0n) is 7.62. The number of hydrogen-bond acceptors (Lipinski definition) is 4. The van der Waals surface area contributed by atoms with Gasteiger partial charge in [0.1, 0.15) is 0 Å². The summed E-state index contributed by atoms with van der Waals surface area (Å²) in [5.41, 5.74) is 12.5. The van der Waals surface area contributed by atoms with Gasteiger partial charge in [-0.2, -0.15) is 0 Å². The van der Waals surface area contributed by atoms with Crippen molar-refractivity contribution in [3.63, 3.8) is 0 Å². The van der Waals surface area contributed by atoms with Crippen LogP contribution in [0.25, 0.3) is 0 Å². The van der Waals surface area contributed by atoms with Crippen molar-refractivity contribution in [2.75, 3.05) is 12.3 Å². The Kier molecular flexibility index (Phi) is 2.51. The molecule has 0 saturated heterocycles. The number of anilines is 1. The van der Waals surface area contributed by atoms with Gasteiger partial charge in [0.05, 0.1) is 5.69 Å². The third-order valence-corrected chi connectivity index (χ3v) is 3.69. The number of aromatic nitrogens is 1. The van der Waals surface area contributed by atoms with E-state index in [0.29, 0.717) is 11.0 Å². The molecule has 0 amide bonds. The van der Waals surface area contributed by atoms with Crippen LogP contribution in [0.2, 0.25) is 0 Å². The quantitative estimate of drug-likeness (QED) is 0.755. The van der Waals surface area contributed by atoms with Crippen molar-refractivity contribution in [2.24, 2.45) is 5.73 Å². The van der Waals surface area contributed by atoms with E-state index in [1.54, 1.807) is 11.3 Å². The van der Waals surface area contributed by atoms with Crippen LogP contribution in [0.15, 0.2) is 0 Å². The van der Waals surface area contributed by atoms with Crippen LogP contribution >= 0.6 is 11.3 Å². The van der Waals surface area contributed by atoms with E-state index in [0.717, 1.165) is 19.4 Å². The molecule has 0 radical (unpaired) electrons. The molecule has 1 atom stereocenters. The van der Waals surface area contributed by atoms with Crippen molar-refractivity contribution >= 4 is 16.5 Å². The van der Waals surface area contributed by atoms with Crippen molar-refractivity contribution in [3.8, 4) is 0 Å². The summed E-state index contributed by atoms with van der Waals surface area (Å²) in [5.74, 6) is 0.628. The standard InChI is InChI=1S/C9H15N3S/c10-5-4-6-2-1-3-7-8(6)13-9(11)12-7/h6H,1-5,10H2,(H2,11,12). The lowest BCUT2D eigenvalue weighted by molar-refractivity contribution is 0.530. The summed E-state index contributed by atoms with van der Waals surface area (Å²) in [6, 6.07) is 0. The Morgan fingerprint density at radius 2 is 2.38 bits per heavy atom. The van der Waals surface area contributed by atoms with Crippen molar-refractivity contribution in [1.29, 1.82) is 0 Å². The molecule has 0 aliphatic heterocycles. The molecule has 0 bridgehead atoms. The molecule has 0 saturated carbocycles. The number of fused-ring (bicyclic) bond motifs is 1. The van der Waals surface area contributed by atoms with Crippen LogP contribution in [-0.4, -0.2) is 11.5 Å². The summed E-state index contributed by atoms with van der Waals surface area (Å²) in [5, 5.41) is 0.717. The number of rotatable bonds is 2. The molecule has 0 spiro atoms. The first-order valence-electron chi connectivity index (χ1n) is 4.76. The predicted octanol–water partition coefficient (Wildman–Crippen LogP) is 1.49. The minimum Gasteiger partial charge on any atom is -0.375 e. The largest absolute Gasteiger partial charge is 0.375 e. The molecular weight excluding hydrogens is 182 g/mol. The summed E-state index contributed by atoms with van der Waals surface area (Å²) in [4.78, 5) is 5.74. The number of thiazole rings is 1. The minimum absolute atomic E-state index is 0.628. The van der Waals surface area contributed by atoms with Crippen LogP contribution in [-0.2, 0) is 6.42 Å². The SMILES string of the molecule is NCCC1CCCc2nc(N)sc21. The Bertz CT molecular complexity index is 295. The van der Waals surface area contributed by atoms with Crippen LogP contribution in [0.5, 0.6) is 0 Å². The van der Waals surface area contributed by atoms with E-state index >= 15 is 0 Å².